The van der Waals surface area contributed by atoms with Crippen molar-refractivity contribution >= 4 is 59.5 Å². The summed E-state index contributed by atoms with van der Waals surface area (Å²) in [4.78, 5) is 2.21. The van der Waals surface area contributed by atoms with E-state index in [1.54, 1.807) is 12.7 Å². The molecular formula is C90H119NO2. The van der Waals surface area contributed by atoms with Crippen LogP contribution < -0.4 is 14.4 Å². The fraction of sp³-hybridized carbons (Fsp3) is 0.444. The second-order valence-electron chi connectivity index (χ2n) is 33.4. The molecule has 0 atom stereocenters. The number of anilines is 1. The lowest BCUT2D eigenvalue weighted by Crippen LogP contribution is -2.18. The Bertz CT molecular complexity index is 4210. The molecule has 10 aromatic rings. The van der Waals surface area contributed by atoms with Crippen molar-refractivity contribution in [1.82, 2.24) is 0 Å². The number of methoxy groups -OCH3 is 1. The highest BCUT2D eigenvalue weighted by Crippen LogP contribution is 2.44. The molecule has 3 nitrogen and oxygen atoms in total. The number of rotatable bonds is 5. The molecule has 1 saturated carbocycles. The zero-order chi connectivity index (χ0) is 69.1. The van der Waals surface area contributed by atoms with Gasteiger partial charge in [0.15, 0.2) is 0 Å². The van der Waals surface area contributed by atoms with Gasteiger partial charge in [-0.1, -0.05) is 271 Å². The van der Waals surface area contributed by atoms with E-state index < -0.39 is 0 Å². The second-order valence-corrected chi connectivity index (χ2v) is 33.4. The number of aryl methyl sites for hydroxylation is 5. The van der Waals surface area contributed by atoms with Crippen LogP contribution in [0.1, 0.15) is 237 Å². The molecule has 0 aromatic heterocycles. The molecule has 1 aliphatic carbocycles. The van der Waals surface area contributed by atoms with Crippen molar-refractivity contribution in [2.45, 2.75) is 243 Å². The summed E-state index contributed by atoms with van der Waals surface area (Å²) in [5, 5.41) is 13.5. The van der Waals surface area contributed by atoms with Gasteiger partial charge in [0.25, 0.3) is 0 Å². The first-order chi connectivity index (χ1) is 43.2. The molecule has 11 rings (SSSR count). The lowest BCUT2D eigenvalue weighted by molar-refractivity contribution is 0.245. The average Bonchev–Trinajstić information content (AvgIpc) is 1.17. The Morgan fingerprint density at radius 1 is 0.333 bits per heavy atom. The fourth-order valence-corrected chi connectivity index (χ4v) is 14.5. The maximum absolute atomic E-state index is 6.02. The molecule has 0 radical (unpaired) electrons. The molecule has 0 amide bonds. The van der Waals surface area contributed by atoms with Gasteiger partial charge in [-0.25, -0.2) is 0 Å². The van der Waals surface area contributed by atoms with E-state index in [0.717, 1.165) is 17.4 Å². The van der Waals surface area contributed by atoms with Gasteiger partial charge in [0.1, 0.15) is 11.5 Å². The van der Waals surface area contributed by atoms with Crippen LogP contribution in [-0.2, 0) is 32.5 Å². The smallest absolute Gasteiger partial charge is 0.127 e. The first kappa shape index (κ1) is 73.3. The molecule has 3 heteroatoms. The van der Waals surface area contributed by atoms with Gasteiger partial charge in [-0.2, -0.15) is 0 Å². The first-order valence-electron chi connectivity index (χ1n) is 34.7. The number of benzene rings is 10. The van der Waals surface area contributed by atoms with Gasteiger partial charge in [-0.3, -0.25) is 0 Å². The van der Waals surface area contributed by atoms with Crippen LogP contribution in [0.4, 0.5) is 5.69 Å². The molecule has 0 aliphatic heterocycles. The first-order valence-corrected chi connectivity index (χ1v) is 34.7. The van der Waals surface area contributed by atoms with Crippen LogP contribution >= 0.6 is 0 Å². The lowest BCUT2D eigenvalue weighted by Gasteiger charge is -2.29. The summed E-state index contributed by atoms with van der Waals surface area (Å²) in [6.07, 6.45) is 5.74. The Morgan fingerprint density at radius 3 is 0.978 bits per heavy atom. The molecular weight excluding hydrogens is 1130 g/mol. The van der Waals surface area contributed by atoms with Crippen molar-refractivity contribution < 1.29 is 9.47 Å². The number of hydrogen-bond donors (Lipinski definition) is 0. The molecule has 1 fully saturated rings. The van der Waals surface area contributed by atoms with Crippen LogP contribution in [0.2, 0.25) is 0 Å². The summed E-state index contributed by atoms with van der Waals surface area (Å²) in [6.45, 7) is 56.5. The molecule has 1 aliphatic rings. The number of fused-ring (bicyclic) bond motifs is 5. The van der Waals surface area contributed by atoms with Gasteiger partial charge in [0.05, 0.1) is 13.2 Å². The number of ether oxygens (including phenoxy) is 2. The number of nitrogens with zero attached hydrogens (tertiary/aromatic N) is 1. The minimum Gasteiger partial charge on any atom is -0.496 e. The highest BCUT2D eigenvalue weighted by molar-refractivity contribution is 5.98. The molecule has 0 N–H and O–H groups in total. The van der Waals surface area contributed by atoms with Crippen molar-refractivity contribution in [3.63, 3.8) is 0 Å². The average molecular weight is 1250 g/mol. The molecule has 0 spiro atoms. The minimum absolute atomic E-state index is 0.128. The van der Waals surface area contributed by atoms with Gasteiger partial charge in [0.2, 0.25) is 0 Å². The Kier molecular flexibility index (Phi) is 22.8. The highest BCUT2D eigenvalue weighted by atomic mass is 16.5. The molecule has 93 heavy (non-hydrogen) atoms. The predicted octanol–water partition coefficient (Wildman–Crippen LogP) is 26.0. The summed E-state index contributed by atoms with van der Waals surface area (Å²) < 4.78 is 11.5. The van der Waals surface area contributed by atoms with Crippen LogP contribution in [0.15, 0.2) is 152 Å². The van der Waals surface area contributed by atoms with E-state index in [1.807, 2.05) is 0 Å². The van der Waals surface area contributed by atoms with Gasteiger partial charge in [-0.05, 0) is 222 Å². The van der Waals surface area contributed by atoms with E-state index >= 15 is 0 Å². The van der Waals surface area contributed by atoms with Crippen LogP contribution in [0.25, 0.3) is 53.9 Å². The minimum atomic E-state index is 0.128. The topological polar surface area (TPSA) is 21.7 Å². The summed E-state index contributed by atoms with van der Waals surface area (Å²) in [7, 11) is 5.97. The van der Waals surface area contributed by atoms with E-state index in [-0.39, 0.29) is 38.6 Å². The van der Waals surface area contributed by atoms with E-state index in [1.165, 1.54) is 146 Å². The van der Waals surface area contributed by atoms with Crippen molar-refractivity contribution in [2.24, 2.45) is 0 Å². The summed E-state index contributed by atoms with van der Waals surface area (Å²) >= 11 is 0. The standard InChI is InChI=1S/C20H26.C19H26.C18H24O.C17H23N.C16H20O/c1-14-16-11-7-8-12-17(16)18(15-9-5-6-10-15)13-19(14)20(2,3)4;1-13-14-10-8-9-11-15(14)17(19(5,6)7)12-16(13)18(2,3)4;1-12(2)19-17-11-16(18(4,5)6)13(3)14-9-7-8-10-15(14)17;1-12-13-9-7-8-10-14(13)16(18(5)6)11-15(12)17(2,3)4;1-11-12-8-6-7-9-13(12)15(17-5)10-14(11)16(2,3)4/h7-8,11-13,15H,5-6,9-10H2,1-4H3;8-12H,1-7H3;7-12H,1-6H3;7-11H,1-6H3;6-10H,1-5H3. The number of hydrogen-bond acceptors (Lipinski definition) is 3. The van der Waals surface area contributed by atoms with Crippen LogP contribution in [0, 0.1) is 34.6 Å². The maximum Gasteiger partial charge on any atom is 0.127 e. The molecule has 0 unspecified atom stereocenters. The third-order valence-electron chi connectivity index (χ3n) is 19.2. The zero-order valence-electron chi connectivity index (χ0n) is 63.2. The highest BCUT2D eigenvalue weighted by Gasteiger charge is 2.28. The van der Waals surface area contributed by atoms with Crippen molar-refractivity contribution in [3.05, 3.63) is 218 Å². The van der Waals surface area contributed by atoms with E-state index in [2.05, 4.69) is 344 Å². The van der Waals surface area contributed by atoms with Crippen molar-refractivity contribution in [2.75, 3.05) is 26.1 Å². The van der Waals surface area contributed by atoms with Crippen LogP contribution in [0.5, 0.6) is 11.5 Å². The lowest BCUT2D eigenvalue weighted by atomic mass is 9.76. The second kappa shape index (κ2) is 28.9. The Labute approximate surface area is 565 Å². The summed E-state index contributed by atoms with van der Waals surface area (Å²) in [5.41, 5.74) is 19.6. The maximum atomic E-state index is 6.02. The quantitative estimate of drug-likeness (QED) is 0.171. The SMILES string of the molecule is COc1cc(C(C)(C)C)c(C)c2ccccc12.Cc1c(C(C)(C)C)cc(C(C)(C)C)c2ccccc12.Cc1c(C(C)(C)C)cc(C2CCCC2)c2ccccc12.Cc1c(C(C)(C)C)cc(N(C)C)c2ccccc12.Cc1c(C(C)(C)C)cc(OC(C)C)c2ccccc12. The Morgan fingerprint density at radius 2 is 0.613 bits per heavy atom. The fourth-order valence-electron chi connectivity index (χ4n) is 14.5. The summed E-state index contributed by atoms with van der Waals surface area (Å²) in [6, 6.07) is 55.1. The zero-order valence-corrected chi connectivity index (χ0v) is 63.2. The monoisotopic (exact) mass is 1250 g/mol. The molecule has 496 valence electrons. The third kappa shape index (κ3) is 17.1. The van der Waals surface area contributed by atoms with E-state index in [9.17, 15) is 0 Å². The largest absolute Gasteiger partial charge is 0.496 e. The van der Waals surface area contributed by atoms with Crippen molar-refractivity contribution in [3.8, 4) is 11.5 Å². The molecule has 0 bridgehead atoms. The van der Waals surface area contributed by atoms with Gasteiger partial charge < -0.3 is 14.4 Å². The Balaban J connectivity index is 0.000000165. The molecule has 0 heterocycles. The third-order valence-corrected chi connectivity index (χ3v) is 19.2. The van der Waals surface area contributed by atoms with Gasteiger partial charge in [0, 0.05) is 35.9 Å². The normalized spacial score (nSPS) is 13.3. The van der Waals surface area contributed by atoms with Crippen molar-refractivity contribution in [1.29, 1.82) is 0 Å². The van der Waals surface area contributed by atoms with Gasteiger partial charge in [-0.15, -0.1) is 0 Å². The molecule has 0 saturated heterocycles. The molecule has 10 aromatic carbocycles. The van der Waals surface area contributed by atoms with Crippen LogP contribution in [-0.4, -0.2) is 27.3 Å². The van der Waals surface area contributed by atoms with Gasteiger partial charge >= 0.3 is 0 Å². The Hall–Kier alpha value is -7.10. The predicted molar refractivity (Wildman–Crippen MR) is 413 cm³/mol. The van der Waals surface area contributed by atoms with E-state index in [0.29, 0.717) is 0 Å². The van der Waals surface area contributed by atoms with E-state index in [4.69, 9.17) is 9.47 Å². The summed E-state index contributed by atoms with van der Waals surface area (Å²) in [5.74, 6) is 2.75. The van der Waals surface area contributed by atoms with Crippen LogP contribution in [0.3, 0.4) is 0 Å².